The van der Waals surface area contributed by atoms with Crippen molar-refractivity contribution in [2.24, 2.45) is 0 Å². The first-order valence-corrected chi connectivity index (χ1v) is 16.4. The Morgan fingerprint density at radius 1 is 0.371 bits per heavy atom. The zero-order chi connectivity index (χ0) is 26.0. The summed E-state index contributed by atoms with van der Waals surface area (Å²) in [4.78, 5) is 12.9. The first-order chi connectivity index (χ1) is 17.1. The summed E-state index contributed by atoms with van der Waals surface area (Å²) in [5.74, 6) is 0. The Labute approximate surface area is 236 Å². The summed E-state index contributed by atoms with van der Waals surface area (Å²) in [5.41, 5.74) is 2.81. The van der Waals surface area contributed by atoms with Crippen LogP contribution in [0.1, 0.15) is 0 Å². The fourth-order valence-corrected chi connectivity index (χ4v) is 2.01. The van der Waals surface area contributed by atoms with Crippen LogP contribution in [-0.4, -0.2) is 0 Å². The summed E-state index contributed by atoms with van der Waals surface area (Å²) >= 11 is 4.49. The van der Waals surface area contributed by atoms with Gasteiger partial charge < -0.3 is 0 Å². The molecule has 0 bridgehead atoms. The van der Waals surface area contributed by atoms with Crippen LogP contribution >= 0.6 is 40.8 Å². The Morgan fingerprint density at radius 2 is 0.514 bits per heavy atom. The van der Waals surface area contributed by atoms with E-state index in [1.54, 1.807) is 48.5 Å². The second kappa shape index (κ2) is 23.9. The van der Waals surface area contributed by atoms with E-state index < -0.39 is 0 Å². The Balaban J connectivity index is 0.000000424. The van der Waals surface area contributed by atoms with Gasteiger partial charge in [-0.15, -0.1) is 0 Å². The molecule has 35 heavy (non-hydrogen) atoms. The monoisotopic (exact) mass is 725 g/mol. The molecule has 7 heteroatoms. The third-order valence-corrected chi connectivity index (χ3v) is 3.54. The molecule has 0 aliphatic rings. The van der Waals surface area contributed by atoms with Gasteiger partial charge in [0.15, 0.2) is 22.7 Å². The predicted molar refractivity (Wildman–Crippen MR) is 159 cm³/mol. The van der Waals surface area contributed by atoms with Crippen LogP contribution in [0.25, 0.3) is 19.4 Å². The van der Waals surface area contributed by atoms with Crippen LogP contribution in [0.4, 0.5) is 22.7 Å². The van der Waals surface area contributed by atoms with Crippen LogP contribution in [-0.2, 0) is 8.26 Å². The van der Waals surface area contributed by atoms with E-state index in [0.717, 1.165) is 0 Å². The van der Waals surface area contributed by atoms with Gasteiger partial charge in [-0.1, -0.05) is 121 Å². The van der Waals surface area contributed by atoms with Crippen LogP contribution in [0.15, 0.2) is 121 Å². The molecule has 0 amide bonds. The van der Waals surface area contributed by atoms with Gasteiger partial charge in [-0.3, -0.25) is 0 Å². The second-order valence-electron chi connectivity index (χ2n) is 5.84. The van der Waals surface area contributed by atoms with Crippen molar-refractivity contribution in [3.05, 3.63) is 167 Å². The molecule has 4 aromatic rings. The summed E-state index contributed by atoms with van der Waals surface area (Å²) in [5, 5.41) is 0. The van der Waals surface area contributed by atoms with E-state index in [0.29, 0.717) is 22.7 Å². The van der Waals surface area contributed by atoms with Gasteiger partial charge in [-0.05, 0) is 0 Å². The summed E-state index contributed by atoms with van der Waals surface area (Å²) in [7, 11) is 1.38. The molecule has 0 unspecified atom stereocenters. The van der Waals surface area contributed by atoms with E-state index in [4.69, 9.17) is 26.3 Å². The van der Waals surface area contributed by atoms with Crippen molar-refractivity contribution in [3.8, 4) is 0 Å². The second-order valence-corrected chi connectivity index (χ2v) is 14.6. The summed E-state index contributed by atoms with van der Waals surface area (Å²) in [6.45, 7) is 26.3. The minimum atomic E-state index is 0.701. The first kappa shape index (κ1) is 31.8. The van der Waals surface area contributed by atoms with E-state index >= 15 is 0 Å². The third-order valence-electron chi connectivity index (χ3n) is 3.54. The molecule has 0 aliphatic carbocycles. The maximum atomic E-state index is 6.57. The Bertz CT molecular complexity index is 1010. The van der Waals surface area contributed by atoms with E-state index in [1.165, 1.54) is 8.26 Å². The normalized spacial score (nSPS) is 7.83. The number of hydrogen-bond donors (Lipinski definition) is 0. The number of hydrogen-bond acceptors (Lipinski definition) is 0. The van der Waals surface area contributed by atoms with Crippen molar-refractivity contribution in [1.82, 2.24) is 0 Å². The number of halogens is 2. The number of rotatable bonds is 0. The topological polar surface area (TPSA) is 17.4 Å². The van der Waals surface area contributed by atoms with Gasteiger partial charge in [0.25, 0.3) is 0 Å². The van der Waals surface area contributed by atoms with Crippen LogP contribution < -0.4 is 0 Å². The van der Waals surface area contributed by atoms with Crippen molar-refractivity contribution >= 4 is 63.6 Å². The molecule has 0 N–H and O–H groups in total. The Morgan fingerprint density at radius 3 is 0.600 bits per heavy atom. The molecule has 4 nitrogen and oxygen atoms in total. The van der Waals surface area contributed by atoms with Gasteiger partial charge in [0.05, 0.1) is 26.3 Å². The average Bonchev–Trinajstić information content (AvgIpc) is 2.96. The molecule has 0 saturated heterocycles. The molecule has 0 saturated carbocycles. The third kappa shape index (κ3) is 18.9. The van der Waals surface area contributed by atoms with Crippen LogP contribution in [0, 0.1) is 26.3 Å². The summed E-state index contributed by atoms with van der Waals surface area (Å²) in [6.07, 6.45) is 0. The number of benzene rings is 4. The first-order valence-electron chi connectivity index (χ1n) is 9.68. The number of nitrogens with zero attached hydrogens (tertiary/aromatic N) is 4. The van der Waals surface area contributed by atoms with Gasteiger partial charge >= 0.3 is 49.1 Å². The zero-order valence-electron chi connectivity index (χ0n) is 18.4. The van der Waals surface area contributed by atoms with Crippen molar-refractivity contribution < 1.29 is 8.26 Å². The van der Waals surface area contributed by atoms with Gasteiger partial charge in [-0.25, -0.2) is 19.4 Å². The Kier molecular flexibility index (Phi) is 21.8. The molecule has 175 valence electrons. The van der Waals surface area contributed by atoms with Gasteiger partial charge in [0.2, 0.25) is 0 Å². The quantitative estimate of drug-likeness (QED) is 0.127. The molecule has 0 aliphatic heterocycles. The molecule has 0 heterocycles. The van der Waals surface area contributed by atoms with E-state index in [1.807, 2.05) is 72.8 Å². The summed E-state index contributed by atoms with van der Waals surface area (Å²) in [6, 6.07) is 36.7. The van der Waals surface area contributed by atoms with Crippen molar-refractivity contribution in [2.75, 3.05) is 0 Å². The van der Waals surface area contributed by atoms with E-state index in [9.17, 15) is 0 Å². The average molecular weight is 725 g/mol. The van der Waals surface area contributed by atoms with Crippen molar-refractivity contribution in [3.63, 3.8) is 0 Å². The number of para-hydroxylation sites is 4. The van der Waals surface area contributed by atoms with Crippen molar-refractivity contribution in [1.29, 1.82) is 0 Å². The molecule has 4 rings (SSSR count). The molecular weight excluding hydrogens is 705 g/mol. The van der Waals surface area contributed by atoms with E-state index in [-0.39, 0.29) is 0 Å². The van der Waals surface area contributed by atoms with Crippen LogP contribution in [0.3, 0.4) is 0 Å². The molecule has 0 spiro atoms. The molecule has 0 fully saturated rings. The van der Waals surface area contributed by atoms with Crippen molar-refractivity contribution in [2.45, 2.75) is 0 Å². The van der Waals surface area contributed by atoms with Gasteiger partial charge in [0, 0.05) is 0 Å². The maximum absolute atomic E-state index is 6.57. The summed E-state index contributed by atoms with van der Waals surface area (Å²) < 4.78 is 0. The fraction of sp³-hybridized carbons (Fsp3) is 0. The van der Waals surface area contributed by atoms with E-state index in [2.05, 4.69) is 60.2 Å². The SMILES string of the molecule is [C-]#[N+]c1ccccc1.[C-]#[N+]c1ccccc1.[C-]#[N+]c1ccccc1.[C-]#[N+]c1ccccc1.[I][Co][I]. The standard InChI is InChI=1S/4C7H5N.Co.2HI/c4*1-8-7-5-3-2-4-6-7;;;/h4*2-6H;;2*1H/q;;;;+2;;/p-2. The molecule has 0 radical (unpaired) electrons. The fourth-order valence-electron chi connectivity index (χ4n) is 2.01. The molecule has 4 aromatic carbocycles. The molecule has 0 atom stereocenters. The molecular formula is C28H20CoI2N4. The Hall–Kier alpha value is -3.19. The van der Waals surface area contributed by atoms with Gasteiger partial charge in [0.1, 0.15) is 0 Å². The zero-order valence-corrected chi connectivity index (χ0v) is 23.8. The minimum absolute atomic E-state index is 0.701. The van der Waals surface area contributed by atoms with Crippen LogP contribution in [0.2, 0.25) is 0 Å². The van der Waals surface area contributed by atoms with Gasteiger partial charge in [-0.2, -0.15) is 0 Å². The van der Waals surface area contributed by atoms with Crippen LogP contribution in [0.5, 0.6) is 0 Å². The predicted octanol–water partition coefficient (Wildman–Crippen LogP) is 10.7. The molecule has 0 aromatic heterocycles.